The van der Waals surface area contributed by atoms with Crippen molar-refractivity contribution in [3.8, 4) is 0 Å². The average molecular weight is 357 g/mol. The number of esters is 1. The summed E-state index contributed by atoms with van der Waals surface area (Å²) in [5, 5.41) is 0. The number of hydrogen-bond donors (Lipinski definition) is 0. The first-order valence-electron chi connectivity index (χ1n) is 10.8. The SMILES string of the molecule is C[C@]12CCC(=O)C[C@@H]1CC[C@@H]1[C@@H]2CC[C@]2(C)[C@@H](C3=CC(=O)OC3)CC[C@@H]12. The Morgan fingerprint density at radius 3 is 2.54 bits per heavy atom. The van der Waals surface area contributed by atoms with Gasteiger partial charge in [0.2, 0.25) is 0 Å². The molecule has 1 aliphatic heterocycles. The van der Waals surface area contributed by atoms with Crippen LogP contribution in [0.3, 0.4) is 0 Å². The topological polar surface area (TPSA) is 43.4 Å². The number of carbonyl (C=O) groups is 2. The molecule has 7 atom stereocenters. The zero-order valence-electron chi connectivity index (χ0n) is 16.3. The van der Waals surface area contributed by atoms with Crippen LogP contribution in [0, 0.1) is 40.4 Å². The van der Waals surface area contributed by atoms with Crippen molar-refractivity contribution in [1.82, 2.24) is 0 Å². The average Bonchev–Trinajstić information content (AvgIpc) is 3.18. The highest BCUT2D eigenvalue weighted by Crippen LogP contribution is 2.68. The second-order valence-corrected chi connectivity index (χ2v) is 10.4. The number of ketones is 1. The van der Waals surface area contributed by atoms with Crippen LogP contribution < -0.4 is 0 Å². The Morgan fingerprint density at radius 2 is 1.77 bits per heavy atom. The summed E-state index contributed by atoms with van der Waals surface area (Å²) in [6.07, 6.45) is 12.3. The van der Waals surface area contributed by atoms with Gasteiger partial charge >= 0.3 is 5.97 Å². The predicted octanol–water partition coefficient (Wildman–Crippen LogP) is 4.70. The molecule has 26 heavy (non-hydrogen) atoms. The number of ether oxygens (including phenoxy) is 1. The standard InChI is InChI=1S/C23H32O3/c1-22-9-7-16(24)12-15(22)3-4-17-19-6-5-18(14-11-21(25)26-13-14)23(19,2)10-8-20(17)22/h11,15,17-20H,3-10,12-13H2,1-2H3/t15-,17-,18+,19-,20-,22-,23+/m0/s1. The molecule has 4 aliphatic carbocycles. The van der Waals surface area contributed by atoms with Gasteiger partial charge in [-0.2, -0.15) is 0 Å². The van der Waals surface area contributed by atoms with Crippen LogP contribution in [0.5, 0.6) is 0 Å². The summed E-state index contributed by atoms with van der Waals surface area (Å²) in [4.78, 5) is 23.6. The number of cyclic esters (lactones) is 1. The highest BCUT2D eigenvalue weighted by molar-refractivity contribution is 5.85. The number of fused-ring (bicyclic) bond motifs is 5. The molecule has 0 unspecified atom stereocenters. The van der Waals surface area contributed by atoms with Gasteiger partial charge in [0.15, 0.2) is 0 Å². The highest BCUT2D eigenvalue weighted by atomic mass is 16.5. The van der Waals surface area contributed by atoms with Crippen LogP contribution in [0.25, 0.3) is 0 Å². The minimum Gasteiger partial charge on any atom is -0.458 e. The molecule has 0 saturated heterocycles. The third-order valence-electron chi connectivity index (χ3n) is 9.61. The Labute approximate surface area is 156 Å². The van der Waals surface area contributed by atoms with E-state index in [-0.39, 0.29) is 5.97 Å². The first-order chi connectivity index (χ1) is 12.4. The van der Waals surface area contributed by atoms with Gasteiger partial charge in [-0.1, -0.05) is 13.8 Å². The van der Waals surface area contributed by atoms with E-state index >= 15 is 0 Å². The van der Waals surface area contributed by atoms with Crippen LogP contribution in [0.2, 0.25) is 0 Å². The van der Waals surface area contributed by atoms with E-state index in [1.165, 1.54) is 44.1 Å². The summed E-state index contributed by atoms with van der Waals surface area (Å²) in [5.41, 5.74) is 2.00. The number of Topliss-reactive ketones (excluding diaryl/α,β-unsaturated/α-hetero) is 1. The van der Waals surface area contributed by atoms with Gasteiger partial charge < -0.3 is 4.74 Å². The van der Waals surface area contributed by atoms with Crippen molar-refractivity contribution in [2.45, 2.75) is 71.6 Å². The fourth-order valence-corrected chi connectivity index (χ4v) is 8.24. The first kappa shape index (κ1) is 17.0. The van der Waals surface area contributed by atoms with Gasteiger partial charge in [0.05, 0.1) is 0 Å². The first-order valence-corrected chi connectivity index (χ1v) is 10.8. The van der Waals surface area contributed by atoms with Crippen molar-refractivity contribution >= 4 is 11.8 Å². The summed E-state index contributed by atoms with van der Waals surface area (Å²) >= 11 is 0. The number of hydrogen-bond acceptors (Lipinski definition) is 3. The zero-order chi connectivity index (χ0) is 18.1. The second-order valence-electron chi connectivity index (χ2n) is 10.4. The van der Waals surface area contributed by atoms with Crippen LogP contribution in [0.1, 0.15) is 71.6 Å². The summed E-state index contributed by atoms with van der Waals surface area (Å²) in [5.74, 6) is 3.96. The van der Waals surface area contributed by atoms with Gasteiger partial charge in [-0.25, -0.2) is 4.79 Å². The molecular formula is C23H32O3. The van der Waals surface area contributed by atoms with E-state index in [2.05, 4.69) is 13.8 Å². The molecule has 0 bridgehead atoms. The number of carbonyl (C=O) groups excluding carboxylic acids is 2. The van der Waals surface area contributed by atoms with Crippen LogP contribution in [-0.2, 0) is 14.3 Å². The van der Waals surface area contributed by atoms with Crippen LogP contribution >= 0.6 is 0 Å². The molecular weight excluding hydrogens is 324 g/mol. The van der Waals surface area contributed by atoms with E-state index in [9.17, 15) is 9.59 Å². The molecule has 4 fully saturated rings. The lowest BCUT2D eigenvalue weighted by Crippen LogP contribution is -2.53. The van der Waals surface area contributed by atoms with Crippen LogP contribution in [0.4, 0.5) is 0 Å². The molecule has 5 rings (SSSR count). The minimum atomic E-state index is -0.138. The summed E-state index contributed by atoms with van der Waals surface area (Å²) < 4.78 is 5.24. The molecule has 4 saturated carbocycles. The van der Waals surface area contributed by atoms with E-state index in [0.717, 1.165) is 37.0 Å². The maximum absolute atomic E-state index is 12.0. The van der Waals surface area contributed by atoms with E-state index in [1.54, 1.807) is 6.08 Å². The lowest BCUT2D eigenvalue weighted by molar-refractivity contribution is -0.139. The maximum atomic E-state index is 12.0. The molecule has 0 spiro atoms. The van der Waals surface area contributed by atoms with Gasteiger partial charge in [0.25, 0.3) is 0 Å². The molecule has 0 radical (unpaired) electrons. The molecule has 0 aromatic rings. The van der Waals surface area contributed by atoms with E-state index < -0.39 is 0 Å². The zero-order valence-corrected chi connectivity index (χ0v) is 16.3. The van der Waals surface area contributed by atoms with Crippen molar-refractivity contribution < 1.29 is 14.3 Å². The normalized spacial score (nSPS) is 50.5. The molecule has 0 amide bonds. The van der Waals surface area contributed by atoms with Crippen molar-refractivity contribution in [3.05, 3.63) is 11.6 Å². The monoisotopic (exact) mass is 356 g/mol. The van der Waals surface area contributed by atoms with E-state index in [4.69, 9.17) is 4.74 Å². The van der Waals surface area contributed by atoms with Gasteiger partial charge in [0, 0.05) is 18.9 Å². The Kier molecular flexibility index (Phi) is 3.72. The van der Waals surface area contributed by atoms with Crippen LogP contribution in [-0.4, -0.2) is 18.4 Å². The van der Waals surface area contributed by atoms with Crippen molar-refractivity contribution in [2.75, 3.05) is 6.61 Å². The summed E-state index contributed by atoms with van der Waals surface area (Å²) in [6.45, 7) is 5.55. The lowest BCUT2D eigenvalue weighted by atomic mass is 9.44. The largest absolute Gasteiger partial charge is 0.458 e. The molecule has 3 heteroatoms. The van der Waals surface area contributed by atoms with Gasteiger partial charge in [0.1, 0.15) is 12.4 Å². The smallest absolute Gasteiger partial charge is 0.331 e. The Hall–Kier alpha value is -1.12. The Balaban J connectivity index is 1.42. The number of rotatable bonds is 1. The summed E-state index contributed by atoms with van der Waals surface area (Å²) in [7, 11) is 0. The Bertz CT molecular complexity index is 679. The van der Waals surface area contributed by atoms with Gasteiger partial charge in [-0.3, -0.25) is 4.79 Å². The van der Waals surface area contributed by atoms with E-state index in [1.807, 2.05) is 0 Å². The second kappa shape index (κ2) is 5.69. The van der Waals surface area contributed by atoms with Crippen molar-refractivity contribution in [1.29, 1.82) is 0 Å². The predicted molar refractivity (Wildman–Crippen MR) is 99.3 cm³/mol. The molecule has 0 aromatic carbocycles. The lowest BCUT2D eigenvalue weighted by Gasteiger charge is -2.60. The molecule has 5 aliphatic rings. The molecule has 3 nitrogen and oxygen atoms in total. The molecule has 0 N–H and O–H groups in total. The third-order valence-corrected chi connectivity index (χ3v) is 9.61. The van der Waals surface area contributed by atoms with Crippen molar-refractivity contribution in [2.24, 2.45) is 40.4 Å². The fourth-order valence-electron chi connectivity index (χ4n) is 8.24. The van der Waals surface area contributed by atoms with E-state index in [0.29, 0.717) is 35.1 Å². The van der Waals surface area contributed by atoms with Gasteiger partial charge in [-0.15, -0.1) is 0 Å². The maximum Gasteiger partial charge on any atom is 0.331 e. The fraction of sp³-hybridized carbons (Fsp3) is 0.826. The molecule has 1 heterocycles. The van der Waals surface area contributed by atoms with Crippen LogP contribution in [0.15, 0.2) is 11.6 Å². The third kappa shape index (κ3) is 2.24. The highest BCUT2D eigenvalue weighted by Gasteiger charge is 2.60. The Morgan fingerprint density at radius 1 is 0.962 bits per heavy atom. The molecule has 142 valence electrons. The van der Waals surface area contributed by atoms with Crippen molar-refractivity contribution in [3.63, 3.8) is 0 Å². The quantitative estimate of drug-likeness (QED) is 0.640. The summed E-state index contributed by atoms with van der Waals surface area (Å²) in [6, 6.07) is 0. The molecule has 0 aromatic heterocycles. The van der Waals surface area contributed by atoms with Gasteiger partial charge in [-0.05, 0) is 90.9 Å². The minimum absolute atomic E-state index is 0.138.